The van der Waals surface area contributed by atoms with E-state index in [2.05, 4.69) is 21.2 Å². The summed E-state index contributed by atoms with van der Waals surface area (Å²) in [5.41, 5.74) is 0.559. The number of urea groups is 1. The molecule has 2 N–H and O–H groups in total. The molecule has 6 heteroatoms. The minimum Gasteiger partial charge on any atom is -0.395 e. The molecule has 2 amide bonds. The lowest BCUT2D eigenvalue weighted by Gasteiger charge is -2.21. The molecule has 0 radical (unpaired) electrons. The van der Waals surface area contributed by atoms with E-state index < -0.39 is 0 Å². The van der Waals surface area contributed by atoms with Crippen molar-refractivity contribution < 1.29 is 9.90 Å². The molecule has 0 atom stereocenters. The number of nitrogens with one attached hydrogen (secondary N) is 1. The molecule has 0 saturated carbocycles. The fourth-order valence-corrected chi connectivity index (χ4v) is 2.21. The van der Waals surface area contributed by atoms with Crippen molar-refractivity contribution in [2.24, 2.45) is 0 Å². The minimum atomic E-state index is -0.255. The van der Waals surface area contributed by atoms with Gasteiger partial charge in [-0.25, -0.2) is 4.79 Å². The van der Waals surface area contributed by atoms with Gasteiger partial charge < -0.3 is 15.3 Å². The van der Waals surface area contributed by atoms with Gasteiger partial charge in [-0.1, -0.05) is 34.5 Å². The van der Waals surface area contributed by atoms with Crippen molar-refractivity contribution in [3.05, 3.63) is 27.7 Å². The van der Waals surface area contributed by atoms with Crippen LogP contribution in [0.4, 0.5) is 10.5 Å². The number of hydrogen-bond acceptors (Lipinski definition) is 2. The summed E-state index contributed by atoms with van der Waals surface area (Å²) in [6.45, 7) is 2.83. The zero-order valence-corrected chi connectivity index (χ0v) is 12.5. The van der Waals surface area contributed by atoms with E-state index >= 15 is 0 Å². The molecule has 0 heterocycles. The van der Waals surface area contributed by atoms with Gasteiger partial charge in [-0.3, -0.25) is 0 Å². The predicted octanol–water partition coefficient (Wildman–Crippen LogP) is 3.34. The first-order chi connectivity index (χ1) is 8.58. The van der Waals surface area contributed by atoms with Gasteiger partial charge in [0.15, 0.2) is 0 Å². The van der Waals surface area contributed by atoms with E-state index in [1.54, 1.807) is 23.1 Å². The smallest absolute Gasteiger partial charge is 0.321 e. The summed E-state index contributed by atoms with van der Waals surface area (Å²) in [5, 5.41) is 12.1. The maximum absolute atomic E-state index is 12.0. The number of rotatable bonds is 5. The third-order valence-corrected chi connectivity index (χ3v) is 3.13. The van der Waals surface area contributed by atoms with Crippen molar-refractivity contribution in [3.63, 3.8) is 0 Å². The fourth-order valence-electron chi connectivity index (χ4n) is 1.49. The van der Waals surface area contributed by atoms with Crippen molar-refractivity contribution in [3.8, 4) is 0 Å². The molecule has 0 aliphatic carbocycles. The van der Waals surface area contributed by atoms with Crippen LogP contribution in [0.15, 0.2) is 22.7 Å². The summed E-state index contributed by atoms with van der Waals surface area (Å²) in [4.78, 5) is 13.5. The van der Waals surface area contributed by atoms with Gasteiger partial charge >= 0.3 is 6.03 Å². The van der Waals surface area contributed by atoms with Crippen LogP contribution < -0.4 is 5.32 Å². The lowest BCUT2D eigenvalue weighted by molar-refractivity contribution is 0.188. The van der Waals surface area contributed by atoms with E-state index in [1.807, 2.05) is 6.92 Å². The predicted molar refractivity (Wildman–Crippen MR) is 77.1 cm³/mol. The largest absolute Gasteiger partial charge is 0.395 e. The second-order valence-corrected chi connectivity index (χ2v) is 5.09. The Bertz CT molecular complexity index is 409. The standard InChI is InChI=1S/C12H16BrClN2O2/c1-2-5-16(6-7-17)12(18)15-11-4-3-9(13)8-10(11)14/h3-4,8,17H,2,5-7H2,1H3,(H,15,18). The summed E-state index contributed by atoms with van der Waals surface area (Å²) in [6.07, 6.45) is 0.835. The zero-order chi connectivity index (χ0) is 13.5. The van der Waals surface area contributed by atoms with Crippen LogP contribution in [-0.2, 0) is 0 Å². The number of nitrogens with zero attached hydrogens (tertiary/aromatic N) is 1. The molecule has 18 heavy (non-hydrogen) atoms. The van der Waals surface area contributed by atoms with Crippen LogP contribution >= 0.6 is 27.5 Å². The molecule has 0 saturated heterocycles. The number of hydrogen-bond donors (Lipinski definition) is 2. The van der Waals surface area contributed by atoms with Crippen LogP contribution in [0, 0.1) is 0 Å². The van der Waals surface area contributed by atoms with E-state index in [1.165, 1.54) is 0 Å². The van der Waals surface area contributed by atoms with Crippen LogP contribution in [-0.4, -0.2) is 35.7 Å². The normalized spacial score (nSPS) is 10.2. The maximum Gasteiger partial charge on any atom is 0.321 e. The SMILES string of the molecule is CCCN(CCO)C(=O)Nc1ccc(Br)cc1Cl. The van der Waals surface area contributed by atoms with Crippen LogP contribution in [0.2, 0.25) is 5.02 Å². The van der Waals surface area contributed by atoms with Crippen molar-refractivity contribution in [2.45, 2.75) is 13.3 Å². The van der Waals surface area contributed by atoms with Crippen LogP contribution in [0.25, 0.3) is 0 Å². The Morgan fingerprint density at radius 2 is 2.22 bits per heavy atom. The van der Waals surface area contributed by atoms with Crippen LogP contribution in [0.3, 0.4) is 0 Å². The summed E-state index contributed by atoms with van der Waals surface area (Å²) >= 11 is 9.32. The molecule has 1 aromatic rings. The second kappa shape index (κ2) is 7.61. The quantitative estimate of drug-likeness (QED) is 0.867. The number of benzene rings is 1. The van der Waals surface area contributed by atoms with Crippen LogP contribution in [0.1, 0.15) is 13.3 Å². The summed E-state index contributed by atoms with van der Waals surface area (Å²) in [5.74, 6) is 0. The van der Waals surface area contributed by atoms with Gasteiger partial charge in [-0.2, -0.15) is 0 Å². The zero-order valence-electron chi connectivity index (χ0n) is 10.1. The van der Waals surface area contributed by atoms with E-state index in [-0.39, 0.29) is 12.6 Å². The van der Waals surface area contributed by atoms with Crippen molar-refractivity contribution in [2.75, 3.05) is 25.0 Å². The third-order valence-electron chi connectivity index (χ3n) is 2.32. The number of aliphatic hydroxyl groups is 1. The van der Waals surface area contributed by atoms with Crippen LogP contribution in [0.5, 0.6) is 0 Å². The number of anilines is 1. The van der Waals surface area contributed by atoms with Crippen molar-refractivity contribution >= 4 is 39.2 Å². The highest BCUT2D eigenvalue weighted by Crippen LogP contribution is 2.25. The number of halogens is 2. The average molecular weight is 336 g/mol. The van der Waals surface area contributed by atoms with E-state index in [0.717, 1.165) is 10.9 Å². The molecule has 0 unspecified atom stereocenters. The molecule has 0 aromatic heterocycles. The molecule has 0 bridgehead atoms. The Kier molecular flexibility index (Phi) is 6.46. The monoisotopic (exact) mass is 334 g/mol. The highest BCUT2D eigenvalue weighted by Gasteiger charge is 2.13. The number of carbonyl (C=O) groups is 1. The molecule has 0 aliphatic rings. The van der Waals surface area contributed by atoms with Crippen molar-refractivity contribution in [1.82, 2.24) is 4.90 Å². The first-order valence-corrected chi connectivity index (χ1v) is 6.87. The number of amides is 2. The Balaban J connectivity index is 2.72. The number of aliphatic hydroxyl groups excluding tert-OH is 1. The van der Waals surface area contributed by atoms with Gasteiger partial charge in [-0.15, -0.1) is 0 Å². The van der Waals surface area contributed by atoms with E-state index in [4.69, 9.17) is 16.7 Å². The molecule has 1 rings (SSSR count). The molecule has 1 aromatic carbocycles. The van der Waals surface area contributed by atoms with E-state index in [9.17, 15) is 4.79 Å². The minimum absolute atomic E-state index is 0.0541. The van der Waals surface area contributed by atoms with Gasteiger partial charge in [0, 0.05) is 17.6 Å². The molecule has 4 nitrogen and oxygen atoms in total. The fraction of sp³-hybridized carbons (Fsp3) is 0.417. The topological polar surface area (TPSA) is 52.6 Å². The lowest BCUT2D eigenvalue weighted by atomic mass is 10.3. The Morgan fingerprint density at radius 3 is 2.78 bits per heavy atom. The maximum atomic E-state index is 12.0. The molecule has 0 aliphatic heterocycles. The van der Waals surface area contributed by atoms with E-state index in [0.29, 0.717) is 23.8 Å². The van der Waals surface area contributed by atoms with Gasteiger partial charge in [0.1, 0.15) is 0 Å². The molecular formula is C12H16BrClN2O2. The Hall–Kier alpha value is -0.780. The van der Waals surface area contributed by atoms with Gasteiger partial charge in [0.05, 0.1) is 17.3 Å². The highest BCUT2D eigenvalue weighted by atomic mass is 79.9. The summed E-state index contributed by atoms with van der Waals surface area (Å²) < 4.78 is 0.853. The lowest BCUT2D eigenvalue weighted by Crippen LogP contribution is -2.37. The Morgan fingerprint density at radius 1 is 1.50 bits per heavy atom. The van der Waals surface area contributed by atoms with Gasteiger partial charge in [0.2, 0.25) is 0 Å². The molecule has 0 spiro atoms. The Labute approximate surface area is 120 Å². The molecular weight excluding hydrogens is 320 g/mol. The average Bonchev–Trinajstić information content (AvgIpc) is 2.32. The third kappa shape index (κ3) is 4.48. The first-order valence-electron chi connectivity index (χ1n) is 5.70. The van der Waals surface area contributed by atoms with Gasteiger partial charge in [-0.05, 0) is 24.6 Å². The van der Waals surface area contributed by atoms with Gasteiger partial charge in [0.25, 0.3) is 0 Å². The number of carbonyl (C=O) groups excluding carboxylic acids is 1. The molecule has 100 valence electrons. The second-order valence-electron chi connectivity index (χ2n) is 3.76. The first kappa shape index (κ1) is 15.3. The van der Waals surface area contributed by atoms with Crippen molar-refractivity contribution in [1.29, 1.82) is 0 Å². The summed E-state index contributed by atoms with van der Waals surface area (Å²) in [6, 6.07) is 4.99. The summed E-state index contributed by atoms with van der Waals surface area (Å²) in [7, 11) is 0. The highest BCUT2D eigenvalue weighted by molar-refractivity contribution is 9.10. The molecule has 0 fully saturated rings.